The molecule has 0 aliphatic carbocycles. The summed E-state index contributed by atoms with van der Waals surface area (Å²) in [5.74, 6) is 0.254. The van der Waals surface area contributed by atoms with Gasteiger partial charge in [-0.3, -0.25) is 9.78 Å². The van der Waals surface area contributed by atoms with Crippen molar-refractivity contribution in [2.24, 2.45) is 0 Å². The molecule has 0 aliphatic rings. The van der Waals surface area contributed by atoms with Gasteiger partial charge < -0.3 is 5.32 Å². The van der Waals surface area contributed by atoms with Gasteiger partial charge in [0.05, 0.1) is 10.5 Å². The Hall–Kier alpha value is -1.61. The quantitative estimate of drug-likeness (QED) is 0.927. The van der Waals surface area contributed by atoms with Crippen LogP contribution in [0.25, 0.3) is 10.9 Å². The van der Waals surface area contributed by atoms with Crippen LogP contribution in [-0.2, 0) is 0 Å². The second-order valence-electron chi connectivity index (χ2n) is 4.62. The SMILES string of the molecule is CCC(C)c1ccc2c(C(=O)NC)ccc(Cl)c2n1. The van der Waals surface area contributed by atoms with Crippen molar-refractivity contribution in [3.8, 4) is 0 Å². The number of pyridine rings is 1. The molecule has 1 aromatic heterocycles. The summed E-state index contributed by atoms with van der Waals surface area (Å²) in [6.45, 7) is 4.25. The van der Waals surface area contributed by atoms with Gasteiger partial charge in [-0.05, 0) is 30.5 Å². The zero-order valence-electron chi connectivity index (χ0n) is 11.3. The zero-order valence-corrected chi connectivity index (χ0v) is 12.1. The third-order valence-electron chi connectivity index (χ3n) is 3.42. The van der Waals surface area contributed by atoms with Crippen molar-refractivity contribution < 1.29 is 4.79 Å². The van der Waals surface area contributed by atoms with E-state index in [0.717, 1.165) is 17.5 Å². The van der Waals surface area contributed by atoms with E-state index in [-0.39, 0.29) is 5.91 Å². The van der Waals surface area contributed by atoms with Crippen molar-refractivity contribution >= 4 is 28.4 Å². The number of carbonyl (C=O) groups is 1. The van der Waals surface area contributed by atoms with Crippen LogP contribution >= 0.6 is 11.6 Å². The standard InChI is InChI=1S/C15H17ClN2O/c1-4-9(2)13-8-6-10-11(15(19)17-3)5-7-12(16)14(10)18-13/h5-9H,4H2,1-3H3,(H,17,19). The number of benzene rings is 1. The third kappa shape index (κ3) is 2.56. The zero-order chi connectivity index (χ0) is 14.0. The van der Waals surface area contributed by atoms with E-state index in [1.165, 1.54) is 0 Å². The van der Waals surface area contributed by atoms with Gasteiger partial charge in [-0.2, -0.15) is 0 Å². The Morgan fingerprint density at radius 3 is 2.74 bits per heavy atom. The minimum Gasteiger partial charge on any atom is -0.355 e. The van der Waals surface area contributed by atoms with Gasteiger partial charge in [-0.1, -0.05) is 31.5 Å². The van der Waals surface area contributed by atoms with Crippen molar-refractivity contribution in [3.63, 3.8) is 0 Å². The van der Waals surface area contributed by atoms with E-state index in [9.17, 15) is 4.79 Å². The number of amides is 1. The van der Waals surface area contributed by atoms with Crippen LogP contribution in [0.3, 0.4) is 0 Å². The maximum atomic E-state index is 11.8. The molecular formula is C15H17ClN2O. The third-order valence-corrected chi connectivity index (χ3v) is 3.72. The highest BCUT2D eigenvalue weighted by Crippen LogP contribution is 2.27. The van der Waals surface area contributed by atoms with Crippen molar-refractivity contribution in [1.82, 2.24) is 10.3 Å². The number of hydrogen-bond donors (Lipinski definition) is 1. The van der Waals surface area contributed by atoms with E-state index < -0.39 is 0 Å². The van der Waals surface area contributed by atoms with Crippen LogP contribution in [0.1, 0.15) is 42.2 Å². The second kappa shape index (κ2) is 5.57. The van der Waals surface area contributed by atoms with Crippen molar-refractivity contribution in [2.75, 3.05) is 7.05 Å². The molecule has 3 nitrogen and oxygen atoms in total. The molecule has 1 unspecified atom stereocenters. The molecular weight excluding hydrogens is 260 g/mol. The second-order valence-corrected chi connectivity index (χ2v) is 5.02. The Kier molecular flexibility index (Phi) is 4.05. The van der Waals surface area contributed by atoms with Crippen molar-refractivity contribution in [1.29, 1.82) is 0 Å². The van der Waals surface area contributed by atoms with E-state index in [2.05, 4.69) is 24.1 Å². The van der Waals surface area contributed by atoms with Crippen molar-refractivity contribution in [2.45, 2.75) is 26.2 Å². The lowest BCUT2D eigenvalue weighted by Crippen LogP contribution is -2.18. The molecule has 1 amide bonds. The summed E-state index contributed by atoms with van der Waals surface area (Å²) in [5, 5.41) is 4.00. The van der Waals surface area contributed by atoms with Gasteiger partial charge in [0.15, 0.2) is 0 Å². The fourth-order valence-corrected chi connectivity index (χ4v) is 2.22. The van der Waals surface area contributed by atoms with Crippen LogP contribution < -0.4 is 5.32 Å². The minimum absolute atomic E-state index is 0.125. The minimum atomic E-state index is -0.125. The summed E-state index contributed by atoms with van der Waals surface area (Å²) >= 11 is 6.20. The predicted octanol–water partition coefficient (Wildman–Crippen LogP) is 3.76. The maximum Gasteiger partial charge on any atom is 0.251 e. The molecule has 0 saturated heterocycles. The molecule has 0 bridgehead atoms. The van der Waals surface area contributed by atoms with Crippen LogP contribution in [-0.4, -0.2) is 17.9 Å². The van der Waals surface area contributed by atoms with Gasteiger partial charge in [0, 0.05) is 23.7 Å². The summed E-state index contributed by atoms with van der Waals surface area (Å²) in [6.07, 6.45) is 1.02. The Labute approximate surface area is 118 Å². The maximum absolute atomic E-state index is 11.8. The van der Waals surface area contributed by atoms with Gasteiger partial charge in [0.1, 0.15) is 0 Å². The largest absolute Gasteiger partial charge is 0.355 e. The molecule has 0 radical (unpaired) electrons. The fraction of sp³-hybridized carbons (Fsp3) is 0.333. The van der Waals surface area contributed by atoms with Crippen LogP contribution in [0.4, 0.5) is 0 Å². The van der Waals surface area contributed by atoms with E-state index in [0.29, 0.717) is 22.0 Å². The number of rotatable bonds is 3. The first-order valence-corrected chi connectivity index (χ1v) is 6.77. The van der Waals surface area contributed by atoms with Crippen LogP contribution in [0.2, 0.25) is 5.02 Å². The summed E-state index contributed by atoms with van der Waals surface area (Å²) in [6, 6.07) is 7.36. The molecule has 0 fully saturated rings. The summed E-state index contributed by atoms with van der Waals surface area (Å²) in [5.41, 5.74) is 2.30. The first-order valence-electron chi connectivity index (χ1n) is 6.39. The van der Waals surface area contributed by atoms with Gasteiger partial charge >= 0.3 is 0 Å². The molecule has 4 heteroatoms. The monoisotopic (exact) mass is 276 g/mol. The smallest absolute Gasteiger partial charge is 0.251 e. The molecule has 2 aromatic rings. The van der Waals surface area contributed by atoms with E-state index in [1.807, 2.05) is 12.1 Å². The first-order chi connectivity index (χ1) is 9.08. The molecule has 100 valence electrons. The fourth-order valence-electron chi connectivity index (χ4n) is 2.02. The number of nitrogens with zero attached hydrogens (tertiary/aromatic N) is 1. The number of carbonyl (C=O) groups excluding carboxylic acids is 1. The van der Waals surface area contributed by atoms with Crippen LogP contribution in [0.15, 0.2) is 24.3 Å². The van der Waals surface area contributed by atoms with Crippen LogP contribution in [0, 0.1) is 0 Å². The molecule has 2 rings (SSSR count). The van der Waals surface area contributed by atoms with E-state index in [4.69, 9.17) is 11.6 Å². The predicted molar refractivity (Wildman–Crippen MR) is 78.8 cm³/mol. The Balaban J connectivity index is 2.66. The highest BCUT2D eigenvalue weighted by molar-refractivity contribution is 6.35. The van der Waals surface area contributed by atoms with E-state index in [1.54, 1.807) is 19.2 Å². The average Bonchev–Trinajstić information content (AvgIpc) is 2.45. The molecule has 0 saturated carbocycles. The first kappa shape index (κ1) is 13.8. The summed E-state index contributed by atoms with van der Waals surface area (Å²) in [4.78, 5) is 16.4. The molecule has 0 aliphatic heterocycles. The molecule has 0 spiro atoms. The summed E-state index contributed by atoms with van der Waals surface area (Å²) < 4.78 is 0. The number of halogens is 1. The Morgan fingerprint density at radius 2 is 2.11 bits per heavy atom. The molecule has 19 heavy (non-hydrogen) atoms. The lowest BCUT2D eigenvalue weighted by atomic mass is 10.0. The number of aromatic nitrogens is 1. The average molecular weight is 277 g/mol. The van der Waals surface area contributed by atoms with Gasteiger partial charge in [-0.25, -0.2) is 0 Å². The van der Waals surface area contributed by atoms with Gasteiger partial charge in [0.2, 0.25) is 0 Å². The molecule has 1 aromatic carbocycles. The topological polar surface area (TPSA) is 42.0 Å². The van der Waals surface area contributed by atoms with Gasteiger partial charge in [-0.15, -0.1) is 0 Å². The van der Waals surface area contributed by atoms with E-state index >= 15 is 0 Å². The molecule has 1 heterocycles. The Bertz CT molecular complexity index is 625. The number of hydrogen-bond acceptors (Lipinski definition) is 2. The van der Waals surface area contributed by atoms with Crippen molar-refractivity contribution in [3.05, 3.63) is 40.5 Å². The van der Waals surface area contributed by atoms with Crippen LogP contribution in [0.5, 0.6) is 0 Å². The number of nitrogens with one attached hydrogen (secondary N) is 1. The lowest BCUT2D eigenvalue weighted by Gasteiger charge is -2.11. The normalized spacial score (nSPS) is 12.4. The summed E-state index contributed by atoms with van der Waals surface area (Å²) in [7, 11) is 1.61. The lowest BCUT2D eigenvalue weighted by molar-refractivity contribution is 0.0964. The highest BCUT2D eigenvalue weighted by atomic mass is 35.5. The Morgan fingerprint density at radius 1 is 1.37 bits per heavy atom. The van der Waals surface area contributed by atoms with Gasteiger partial charge in [0.25, 0.3) is 5.91 Å². The molecule has 1 atom stereocenters. The number of fused-ring (bicyclic) bond motifs is 1. The molecule has 1 N–H and O–H groups in total. The highest BCUT2D eigenvalue weighted by Gasteiger charge is 2.13.